The molecule has 0 unspecified atom stereocenters. The highest BCUT2D eigenvalue weighted by Gasteiger charge is 2.09. The van der Waals surface area contributed by atoms with Crippen molar-refractivity contribution >= 4 is 28.7 Å². The number of amides is 1. The average molecular weight is 350 g/mol. The average Bonchev–Trinajstić information content (AvgIpc) is 2.62. The molecule has 5 nitrogen and oxygen atoms in total. The van der Waals surface area contributed by atoms with Crippen molar-refractivity contribution in [2.45, 2.75) is 0 Å². The fourth-order valence-electron chi connectivity index (χ4n) is 2.40. The van der Waals surface area contributed by atoms with Crippen LogP contribution in [0.2, 0.25) is 0 Å². The van der Waals surface area contributed by atoms with Gasteiger partial charge in [0.2, 0.25) is 0 Å². The summed E-state index contributed by atoms with van der Waals surface area (Å²) in [7, 11) is 3.96. The van der Waals surface area contributed by atoms with E-state index in [1.807, 2.05) is 43.3 Å². The summed E-state index contributed by atoms with van der Waals surface area (Å²) in [5.74, 6) is -0.811. The number of rotatable bonds is 5. The van der Waals surface area contributed by atoms with Crippen molar-refractivity contribution in [2.75, 3.05) is 29.6 Å². The van der Waals surface area contributed by atoms with Crippen LogP contribution in [0.15, 0.2) is 66.9 Å². The van der Waals surface area contributed by atoms with E-state index < -0.39 is 11.7 Å². The van der Waals surface area contributed by atoms with E-state index in [9.17, 15) is 9.18 Å². The summed E-state index contributed by atoms with van der Waals surface area (Å²) in [5.41, 5.74) is 3.36. The zero-order valence-corrected chi connectivity index (χ0v) is 14.5. The number of nitrogens with zero attached hydrogens (tertiary/aromatic N) is 2. The number of anilines is 4. The minimum absolute atomic E-state index is 0.240. The molecule has 6 heteroatoms. The molecule has 2 N–H and O–H groups in total. The molecule has 0 aliphatic heterocycles. The molecule has 3 aromatic rings. The Labute approximate surface area is 151 Å². The van der Waals surface area contributed by atoms with Crippen LogP contribution in [-0.4, -0.2) is 25.0 Å². The molecule has 132 valence electrons. The van der Waals surface area contributed by atoms with Crippen molar-refractivity contribution in [1.82, 2.24) is 4.98 Å². The molecular formula is C20H19FN4O. The van der Waals surface area contributed by atoms with Crippen molar-refractivity contribution in [3.8, 4) is 0 Å². The first-order valence-corrected chi connectivity index (χ1v) is 8.09. The molecule has 0 saturated carbocycles. The summed E-state index contributed by atoms with van der Waals surface area (Å²) in [6, 6.07) is 17.1. The first-order chi connectivity index (χ1) is 12.5. The molecule has 1 aromatic heterocycles. The number of benzene rings is 2. The molecule has 2 aromatic carbocycles. The minimum Gasteiger partial charge on any atom is -0.378 e. The molecule has 1 amide bonds. The Bertz CT molecular complexity index is 910. The molecule has 0 aliphatic rings. The van der Waals surface area contributed by atoms with Crippen LogP contribution in [-0.2, 0) is 0 Å². The summed E-state index contributed by atoms with van der Waals surface area (Å²) in [5, 5.41) is 5.88. The highest BCUT2D eigenvalue weighted by atomic mass is 19.1. The van der Waals surface area contributed by atoms with Gasteiger partial charge < -0.3 is 15.5 Å². The summed E-state index contributed by atoms with van der Waals surface area (Å²) in [6.07, 6.45) is 1.55. The third-order valence-corrected chi connectivity index (χ3v) is 3.75. The van der Waals surface area contributed by atoms with Crippen LogP contribution in [0.25, 0.3) is 0 Å². The van der Waals surface area contributed by atoms with Gasteiger partial charge in [0.05, 0.1) is 0 Å². The van der Waals surface area contributed by atoms with Gasteiger partial charge in [0.15, 0.2) is 0 Å². The van der Waals surface area contributed by atoms with Gasteiger partial charge in [-0.15, -0.1) is 0 Å². The van der Waals surface area contributed by atoms with Gasteiger partial charge in [0.1, 0.15) is 11.5 Å². The molecule has 0 radical (unpaired) electrons. The molecule has 26 heavy (non-hydrogen) atoms. The normalized spacial score (nSPS) is 10.3. The number of hydrogen-bond acceptors (Lipinski definition) is 4. The Hall–Kier alpha value is -3.41. The van der Waals surface area contributed by atoms with Gasteiger partial charge in [-0.25, -0.2) is 4.39 Å². The molecule has 0 spiro atoms. The Morgan fingerprint density at radius 3 is 2.42 bits per heavy atom. The number of carbonyl (C=O) groups excluding carboxylic acids is 1. The molecule has 0 atom stereocenters. The molecule has 1 heterocycles. The predicted octanol–water partition coefficient (Wildman–Crippen LogP) is 4.28. The van der Waals surface area contributed by atoms with Crippen LogP contribution in [0.1, 0.15) is 10.5 Å². The SMILES string of the molecule is CN(C)c1ccc(Nc2ccnc(C(=O)Nc3cccc(F)c3)c2)cc1. The van der Waals surface area contributed by atoms with E-state index in [4.69, 9.17) is 0 Å². The second-order valence-corrected chi connectivity index (χ2v) is 5.96. The molecule has 0 bridgehead atoms. The molecule has 0 saturated heterocycles. The minimum atomic E-state index is -0.410. The largest absolute Gasteiger partial charge is 0.378 e. The third kappa shape index (κ3) is 4.36. The zero-order valence-electron chi connectivity index (χ0n) is 14.5. The Balaban J connectivity index is 1.72. The van der Waals surface area contributed by atoms with Crippen molar-refractivity contribution in [2.24, 2.45) is 0 Å². The van der Waals surface area contributed by atoms with Crippen LogP contribution in [0.5, 0.6) is 0 Å². The van der Waals surface area contributed by atoms with Gasteiger partial charge in [-0.1, -0.05) is 6.07 Å². The number of aromatic nitrogens is 1. The number of pyridine rings is 1. The topological polar surface area (TPSA) is 57.3 Å². The molecular weight excluding hydrogens is 331 g/mol. The summed E-state index contributed by atoms with van der Waals surface area (Å²) in [6.45, 7) is 0. The monoisotopic (exact) mass is 350 g/mol. The molecule has 3 rings (SSSR count). The quantitative estimate of drug-likeness (QED) is 0.721. The van der Waals surface area contributed by atoms with E-state index in [1.54, 1.807) is 24.4 Å². The standard InChI is InChI=1S/C20H19FN4O/c1-25(2)18-8-6-15(7-9-18)23-17-10-11-22-19(13-17)20(26)24-16-5-3-4-14(21)12-16/h3-13H,1-2H3,(H,22,23)(H,24,26). The van der Waals surface area contributed by atoms with Crippen molar-refractivity contribution in [3.05, 3.63) is 78.4 Å². The van der Waals surface area contributed by atoms with Gasteiger partial charge >= 0.3 is 0 Å². The first kappa shape index (κ1) is 17.4. The van der Waals surface area contributed by atoms with E-state index in [1.165, 1.54) is 18.2 Å². The fourth-order valence-corrected chi connectivity index (χ4v) is 2.40. The fraction of sp³-hybridized carbons (Fsp3) is 0.100. The lowest BCUT2D eigenvalue weighted by Gasteiger charge is -2.13. The van der Waals surface area contributed by atoms with Crippen LogP contribution >= 0.6 is 0 Å². The summed E-state index contributed by atoms with van der Waals surface area (Å²) >= 11 is 0. The van der Waals surface area contributed by atoms with Crippen LogP contribution in [0.4, 0.5) is 27.1 Å². The van der Waals surface area contributed by atoms with Gasteiger partial charge in [-0.3, -0.25) is 9.78 Å². The number of halogens is 1. The first-order valence-electron chi connectivity index (χ1n) is 8.09. The molecule has 0 fully saturated rings. The van der Waals surface area contributed by atoms with E-state index in [2.05, 4.69) is 15.6 Å². The lowest BCUT2D eigenvalue weighted by atomic mass is 10.2. The maximum Gasteiger partial charge on any atom is 0.274 e. The number of nitrogens with one attached hydrogen (secondary N) is 2. The van der Waals surface area contributed by atoms with Crippen molar-refractivity contribution in [1.29, 1.82) is 0 Å². The van der Waals surface area contributed by atoms with Gasteiger partial charge in [-0.2, -0.15) is 0 Å². The predicted molar refractivity (Wildman–Crippen MR) is 103 cm³/mol. The zero-order chi connectivity index (χ0) is 18.5. The maximum absolute atomic E-state index is 13.2. The van der Waals surface area contributed by atoms with Crippen LogP contribution in [0.3, 0.4) is 0 Å². The van der Waals surface area contributed by atoms with Crippen LogP contribution in [0, 0.1) is 5.82 Å². The Kier molecular flexibility index (Phi) is 5.12. The number of carbonyl (C=O) groups is 1. The maximum atomic E-state index is 13.2. The Morgan fingerprint density at radius 1 is 0.962 bits per heavy atom. The van der Waals surface area contributed by atoms with Crippen molar-refractivity contribution < 1.29 is 9.18 Å². The second kappa shape index (κ2) is 7.65. The van der Waals surface area contributed by atoms with Crippen LogP contribution < -0.4 is 15.5 Å². The third-order valence-electron chi connectivity index (χ3n) is 3.75. The van der Waals surface area contributed by atoms with Crippen molar-refractivity contribution in [3.63, 3.8) is 0 Å². The second-order valence-electron chi connectivity index (χ2n) is 5.96. The highest BCUT2D eigenvalue weighted by molar-refractivity contribution is 6.03. The van der Waals surface area contributed by atoms with Gasteiger partial charge in [0.25, 0.3) is 5.91 Å². The van der Waals surface area contributed by atoms with E-state index in [0.29, 0.717) is 5.69 Å². The van der Waals surface area contributed by atoms with E-state index in [-0.39, 0.29) is 5.69 Å². The van der Waals surface area contributed by atoms with Gasteiger partial charge in [0, 0.05) is 43.0 Å². The van der Waals surface area contributed by atoms with E-state index in [0.717, 1.165) is 17.1 Å². The smallest absolute Gasteiger partial charge is 0.274 e. The lowest BCUT2D eigenvalue weighted by molar-refractivity contribution is 0.102. The number of hydrogen-bond donors (Lipinski definition) is 2. The van der Waals surface area contributed by atoms with E-state index >= 15 is 0 Å². The highest BCUT2D eigenvalue weighted by Crippen LogP contribution is 2.20. The lowest BCUT2D eigenvalue weighted by Crippen LogP contribution is -2.14. The summed E-state index contributed by atoms with van der Waals surface area (Å²) in [4.78, 5) is 18.4. The van der Waals surface area contributed by atoms with Gasteiger partial charge in [-0.05, 0) is 54.6 Å². The summed E-state index contributed by atoms with van der Waals surface area (Å²) < 4.78 is 13.2. The Morgan fingerprint density at radius 2 is 1.73 bits per heavy atom. The molecule has 0 aliphatic carbocycles.